The van der Waals surface area contributed by atoms with E-state index in [-0.39, 0.29) is 5.57 Å². The summed E-state index contributed by atoms with van der Waals surface area (Å²) in [6.45, 7) is 2.22. The summed E-state index contributed by atoms with van der Waals surface area (Å²) < 4.78 is 85.1. The van der Waals surface area contributed by atoms with E-state index in [4.69, 9.17) is 10.2 Å². The zero-order chi connectivity index (χ0) is 20.8. The molecule has 146 valence electrons. The van der Waals surface area contributed by atoms with Crippen LogP contribution in [-0.4, -0.2) is 34.5 Å². The second-order valence-corrected chi connectivity index (χ2v) is 6.06. The lowest BCUT2D eigenvalue weighted by Crippen LogP contribution is -2.57. The molecular weight excluding hydrogens is 382 g/mol. The maximum absolute atomic E-state index is 15.0. The Balaban J connectivity index is 2.97. The van der Waals surface area contributed by atoms with Gasteiger partial charge in [-0.25, -0.2) is 26.3 Å². The number of hydrogen-bond acceptors (Lipinski definition) is 2. The van der Waals surface area contributed by atoms with E-state index in [9.17, 15) is 31.5 Å². The van der Waals surface area contributed by atoms with Gasteiger partial charge in [-0.1, -0.05) is 5.57 Å². The summed E-state index contributed by atoms with van der Waals surface area (Å²) >= 11 is 0. The lowest BCUT2D eigenvalue weighted by atomic mass is 9.67. The number of carbonyl (C=O) groups is 2. The van der Waals surface area contributed by atoms with Gasteiger partial charge in [-0.05, 0) is 31.6 Å². The Morgan fingerprint density at radius 2 is 1.44 bits per heavy atom. The van der Waals surface area contributed by atoms with Gasteiger partial charge in [-0.2, -0.15) is 0 Å². The molecule has 10 heteroatoms. The van der Waals surface area contributed by atoms with E-state index in [0.717, 1.165) is 13.8 Å². The van der Waals surface area contributed by atoms with Crippen molar-refractivity contribution in [2.24, 2.45) is 5.41 Å². The molecule has 27 heavy (non-hydrogen) atoms. The molecule has 0 saturated carbocycles. The van der Waals surface area contributed by atoms with E-state index < -0.39 is 69.7 Å². The Labute approximate surface area is 148 Å². The minimum absolute atomic E-state index is 0.212. The van der Waals surface area contributed by atoms with Gasteiger partial charge < -0.3 is 10.2 Å². The van der Waals surface area contributed by atoms with Gasteiger partial charge in [0.05, 0.1) is 0 Å². The maximum Gasteiger partial charge on any atom is 0.328 e. The molecule has 0 radical (unpaired) electrons. The third-order valence-corrected chi connectivity index (χ3v) is 4.33. The van der Waals surface area contributed by atoms with Gasteiger partial charge in [0, 0.05) is 11.1 Å². The van der Waals surface area contributed by atoms with Crippen molar-refractivity contribution in [1.82, 2.24) is 0 Å². The molecule has 4 nitrogen and oxygen atoms in total. The number of benzene rings is 1. The van der Waals surface area contributed by atoms with Gasteiger partial charge in [0.25, 0.3) is 0 Å². The standard InChI is InChI=1S/C17H12F6O4/c1-5(2)8-9(6-3-4-7(18)11(20)10(6)19)12(21)14(23)17(13(8)22,15(24)25)16(26)27/h3-4,13-14H,1-2H3,(H,24,25)(H,26,27). The molecule has 0 spiro atoms. The zero-order valence-corrected chi connectivity index (χ0v) is 13.8. The van der Waals surface area contributed by atoms with Crippen molar-refractivity contribution in [3.8, 4) is 0 Å². The number of rotatable bonds is 3. The van der Waals surface area contributed by atoms with Crippen molar-refractivity contribution >= 4 is 17.5 Å². The highest BCUT2D eigenvalue weighted by Gasteiger charge is 2.66. The lowest BCUT2D eigenvalue weighted by molar-refractivity contribution is -0.174. The Bertz CT molecular complexity index is 887. The molecule has 0 saturated heterocycles. The molecule has 2 atom stereocenters. The molecule has 0 aromatic heterocycles. The molecule has 2 rings (SSSR count). The van der Waals surface area contributed by atoms with Gasteiger partial charge in [0.1, 0.15) is 5.83 Å². The van der Waals surface area contributed by atoms with Gasteiger partial charge in [0.2, 0.25) is 5.41 Å². The predicted molar refractivity (Wildman–Crippen MR) is 80.2 cm³/mol. The monoisotopic (exact) mass is 394 g/mol. The van der Waals surface area contributed by atoms with Gasteiger partial charge in [-0.15, -0.1) is 0 Å². The van der Waals surface area contributed by atoms with Crippen LogP contribution < -0.4 is 0 Å². The third-order valence-electron chi connectivity index (χ3n) is 4.33. The molecule has 1 aliphatic rings. The number of hydrogen-bond donors (Lipinski definition) is 2. The number of aliphatic carboxylic acids is 2. The van der Waals surface area contributed by atoms with Gasteiger partial charge in [0.15, 0.2) is 29.8 Å². The van der Waals surface area contributed by atoms with E-state index >= 15 is 4.39 Å². The summed E-state index contributed by atoms with van der Waals surface area (Å²) in [5.41, 5.74) is -7.32. The van der Waals surface area contributed by atoms with Crippen molar-refractivity contribution in [1.29, 1.82) is 0 Å². The topological polar surface area (TPSA) is 74.6 Å². The summed E-state index contributed by atoms with van der Waals surface area (Å²) in [6.07, 6.45) is -6.69. The van der Waals surface area contributed by atoms with E-state index in [1.54, 1.807) is 0 Å². The first kappa shape index (κ1) is 20.5. The van der Waals surface area contributed by atoms with Crippen LogP contribution in [0.5, 0.6) is 0 Å². The Hall–Kier alpha value is -2.78. The second kappa shape index (κ2) is 6.75. The van der Waals surface area contributed by atoms with Crippen LogP contribution in [0.3, 0.4) is 0 Å². The minimum Gasteiger partial charge on any atom is -0.480 e. The normalized spacial score (nSPS) is 22.0. The highest BCUT2D eigenvalue weighted by molar-refractivity contribution is 6.04. The van der Waals surface area contributed by atoms with E-state index in [1.165, 1.54) is 0 Å². The fraction of sp³-hybridized carbons (Fsp3) is 0.294. The van der Waals surface area contributed by atoms with Crippen molar-refractivity contribution in [2.75, 3.05) is 0 Å². The zero-order valence-electron chi connectivity index (χ0n) is 13.8. The maximum atomic E-state index is 15.0. The van der Waals surface area contributed by atoms with Crippen molar-refractivity contribution in [2.45, 2.75) is 26.2 Å². The molecule has 0 aliphatic heterocycles. The Morgan fingerprint density at radius 3 is 1.89 bits per heavy atom. The first-order valence-electron chi connectivity index (χ1n) is 7.36. The number of alkyl halides is 2. The Morgan fingerprint density at radius 1 is 0.926 bits per heavy atom. The average molecular weight is 394 g/mol. The molecule has 1 aliphatic carbocycles. The average Bonchev–Trinajstić information content (AvgIpc) is 2.56. The van der Waals surface area contributed by atoms with Crippen molar-refractivity contribution in [3.63, 3.8) is 0 Å². The first-order valence-corrected chi connectivity index (χ1v) is 7.36. The quantitative estimate of drug-likeness (QED) is 0.462. The first-order chi connectivity index (χ1) is 12.4. The van der Waals surface area contributed by atoms with Crippen molar-refractivity contribution < 1.29 is 46.1 Å². The smallest absolute Gasteiger partial charge is 0.328 e. The van der Waals surface area contributed by atoms with E-state index in [2.05, 4.69) is 0 Å². The van der Waals surface area contributed by atoms with Crippen LogP contribution >= 0.6 is 0 Å². The largest absolute Gasteiger partial charge is 0.480 e. The molecule has 2 unspecified atom stereocenters. The number of allylic oxidation sites excluding steroid dienone is 4. The van der Waals surface area contributed by atoms with E-state index in [1.807, 2.05) is 0 Å². The molecule has 1 aromatic carbocycles. The van der Waals surface area contributed by atoms with Crippen LogP contribution in [-0.2, 0) is 9.59 Å². The molecular formula is C17H12F6O4. The summed E-state index contributed by atoms with van der Waals surface area (Å²) in [7, 11) is 0. The minimum atomic E-state index is -3.87. The van der Waals surface area contributed by atoms with Crippen molar-refractivity contribution in [3.05, 3.63) is 52.1 Å². The molecule has 1 aromatic rings. The fourth-order valence-electron chi connectivity index (χ4n) is 2.96. The van der Waals surface area contributed by atoms with Crippen LogP contribution in [0.2, 0.25) is 0 Å². The summed E-state index contributed by atoms with van der Waals surface area (Å²) in [5.74, 6) is -12.8. The molecule has 0 bridgehead atoms. The Kier molecular flexibility index (Phi) is 5.13. The third kappa shape index (κ3) is 2.70. The highest BCUT2D eigenvalue weighted by Crippen LogP contribution is 2.51. The molecule has 0 amide bonds. The van der Waals surface area contributed by atoms with Gasteiger partial charge >= 0.3 is 11.9 Å². The summed E-state index contributed by atoms with van der Waals surface area (Å²) in [6, 6.07) is 0.896. The summed E-state index contributed by atoms with van der Waals surface area (Å²) in [5, 5.41) is 18.3. The van der Waals surface area contributed by atoms with Gasteiger partial charge in [-0.3, -0.25) is 9.59 Å². The van der Waals surface area contributed by atoms with Crippen LogP contribution in [0.4, 0.5) is 26.3 Å². The SMILES string of the molecule is CC(C)=C1C(c2ccc(F)c(F)c2F)=C(F)C(F)C(C(=O)O)(C(=O)O)C1F. The molecule has 0 heterocycles. The van der Waals surface area contributed by atoms with Crippen LogP contribution in [0.15, 0.2) is 29.1 Å². The number of carboxylic acid groups (broad SMARTS) is 2. The van der Waals surface area contributed by atoms with Crippen LogP contribution in [0, 0.1) is 22.9 Å². The second-order valence-electron chi connectivity index (χ2n) is 6.06. The van der Waals surface area contributed by atoms with Crippen LogP contribution in [0.1, 0.15) is 19.4 Å². The lowest BCUT2D eigenvalue weighted by Gasteiger charge is -2.38. The van der Waals surface area contributed by atoms with Crippen LogP contribution in [0.25, 0.3) is 5.57 Å². The number of carboxylic acids is 2. The summed E-state index contributed by atoms with van der Waals surface area (Å²) in [4.78, 5) is 22.8. The highest BCUT2D eigenvalue weighted by atomic mass is 19.2. The van der Waals surface area contributed by atoms with E-state index in [0.29, 0.717) is 12.1 Å². The molecule has 0 fully saturated rings. The number of halogens is 6. The fourth-order valence-corrected chi connectivity index (χ4v) is 2.96. The molecule has 2 N–H and O–H groups in total. The predicted octanol–water partition coefficient (Wildman–Crippen LogP) is 3.97.